The van der Waals surface area contributed by atoms with E-state index < -0.39 is 0 Å². The van der Waals surface area contributed by atoms with E-state index in [0.29, 0.717) is 0 Å². The van der Waals surface area contributed by atoms with Crippen LogP contribution in [-0.2, 0) is 13.1 Å². The van der Waals surface area contributed by atoms with Crippen LogP contribution >= 0.6 is 11.8 Å². The van der Waals surface area contributed by atoms with E-state index in [0.717, 1.165) is 48.4 Å². The first-order chi connectivity index (χ1) is 11.3. The van der Waals surface area contributed by atoms with E-state index in [9.17, 15) is 0 Å². The maximum atomic E-state index is 5.23. The predicted molar refractivity (Wildman–Crippen MR) is 95.9 cm³/mol. The summed E-state index contributed by atoms with van der Waals surface area (Å²) in [6, 6.07) is 14.3. The lowest BCUT2D eigenvalue weighted by atomic mass is 10.2. The maximum absolute atomic E-state index is 5.23. The lowest BCUT2D eigenvalue weighted by Crippen LogP contribution is -2.30. The molecule has 0 saturated heterocycles. The van der Waals surface area contributed by atoms with Crippen LogP contribution < -0.4 is 4.74 Å². The molecule has 1 aliphatic rings. The third-order valence-corrected chi connectivity index (χ3v) is 4.80. The molecule has 1 aromatic carbocycles. The number of ether oxygens (including phenoxy) is 1. The number of pyridine rings is 1. The van der Waals surface area contributed by atoms with Crippen molar-refractivity contribution in [2.24, 2.45) is 4.99 Å². The van der Waals surface area contributed by atoms with E-state index in [4.69, 9.17) is 9.73 Å². The smallest absolute Gasteiger partial charge is 0.159 e. The Kier molecular flexibility index (Phi) is 5.53. The van der Waals surface area contributed by atoms with E-state index in [1.54, 1.807) is 7.11 Å². The number of aromatic nitrogens is 1. The van der Waals surface area contributed by atoms with Gasteiger partial charge in [-0.1, -0.05) is 30.0 Å². The van der Waals surface area contributed by atoms with Crippen molar-refractivity contribution in [1.29, 1.82) is 0 Å². The highest BCUT2D eigenvalue weighted by atomic mass is 32.2. The summed E-state index contributed by atoms with van der Waals surface area (Å²) in [6.45, 7) is 2.52. The molecule has 1 aliphatic heterocycles. The van der Waals surface area contributed by atoms with Crippen molar-refractivity contribution in [3.05, 3.63) is 59.9 Å². The van der Waals surface area contributed by atoms with Crippen LogP contribution in [0.1, 0.15) is 17.7 Å². The quantitative estimate of drug-likeness (QED) is 0.841. The summed E-state index contributed by atoms with van der Waals surface area (Å²) >= 11 is 1.84. The fourth-order valence-electron chi connectivity index (χ4n) is 2.47. The molecule has 0 atom stereocenters. The molecule has 0 N–H and O–H groups in total. The van der Waals surface area contributed by atoms with Crippen LogP contribution in [0.4, 0.5) is 0 Å². The lowest BCUT2D eigenvalue weighted by molar-refractivity contribution is 0.403. The summed E-state index contributed by atoms with van der Waals surface area (Å²) < 4.78 is 5.23. The normalized spacial score (nSPS) is 14.2. The van der Waals surface area contributed by atoms with Gasteiger partial charge < -0.3 is 9.64 Å². The van der Waals surface area contributed by atoms with Crippen LogP contribution in [0.3, 0.4) is 0 Å². The molecule has 1 aromatic heterocycles. The highest BCUT2D eigenvalue weighted by molar-refractivity contribution is 8.13. The van der Waals surface area contributed by atoms with Crippen molar-refractivity contribution in [2.45, 2.75) is 19.5 Å². The van der Waals surface area contributed by atoms with Crippen LogP contribution in [0.2, 0.25) is 0 Å². The van der Waals surface area contributed by atoms with Gasteiger partial charge in [-0.2, -0.15) is 0 Å². The minimum atomic E-state index is 0.776. The number of rotatable bonds is 5. The fraction of sp³-hybridized carbons (Fsp3) is 0.333. The van der Waals surface area contributed by atoms with Gasteiger partial charge in [0.05, 0.1) is 19.3 Å². The highest BCUT2D eigenvalue weighted by Crippen LogP contribution is 2.21. The topological polar surface area (TPSA) is 37.7 Å². The maximum Gasteiger partial charge on any atom is 0.159 e. The molecule has 0 amide bonds. The molecule has 0 fully saturated rings. The van der Waals surface area contributed by atoms with Crippen LogP contribution in [0.25, 0.3) is 0 Å². The van der Waals surface area contributed by atoms with Gasteiger partial charge in [0.1, 0.15) is 5.75 Å². The molecule has 23 heavy (non-hydrogen) atoms. The summed E-state index contributed by atoms with van der Waals surface area (Å²) in [4.78, 5) is 11.5. The number of amidine groups is 1. The van der Waals surface area contributed by atoms with Crippen LogP contribution in [0, 0.1) is 0 Å². The Morgan fingerprint density at radius 2 is 2.00 bits per heavy atom. The molecular weight excluding hydrogens is 306 g/mol. The van der Waals surface area contributed by atoms with E-state index in [1.807, 2.05) is 42.2 Å². The van der Waals surface area contributed by atoms with Gasteiger partial charge in [0, 0.05) is 25.0 Å². The zero-order chi connectivity index (χ0) is 15.9. The zero-order valence-corrected chi connectivity index (χ0v) is 14.1. The van der Waals surface area contributed by atoms with Gasteiger partial charge >= 0.3 is 0 Å². The third kappa shape index (κ3) is 4.48. The molecule has 5 heteroatoms. The van der Waals surface area contributed by atoms with Crippen molar-refractivity contribution < 1.29 is 4.74 Å². The highest BCUT2D eigenvalue weighted by Gasteiger charge is 2.16. The molecular formula is C18H21N3OS. The number of nitrogens with zero attached hydrogens (tertiary/aromatic N) is 3. The average molecular weight is 327 g/mol. The van der Waals surface area contributed by atoms with Crippen molar-refractivity contribution in [1.82, 2.24) is 9.88 Å². The number of aliphatic imine (C=N–C) groups is 1. The third-order valence-electron chi connectivity index (χ3n) is 3.66. The molecule has 0 unspecified atom stereocenters. The molecule has 2 aromatic rings. The van der Waals surface area contributed by atoms with Crippen LogP contribution in [0.5, 0.6) is 5.75 Å². The largest absolute Gasteiger partial charge is 0.497 e. The van der Waals surface area contributed by atoms with Gasteiger partial charge in [0.15, 0.2) is 5.17 Å². The molecule has 120 valence electrons. The summed E-state index contributed by atoms with van der Waals surface area (Å²) in [5.41, 5.74) is 2.31. The Morgan fingerprint density at radius 3 is 2.65 bits per heavy atom. The van der Waals surface area contributed by atoms with Crippen LogP contribution in [0.15, 0.2) is 53.7 Å². The minimum Gasteiger partial charge on any atom is -0.497 e. The van der Waals surface area contributed by atoms with Crippen LogP contribution in [-0.4, -0.2) is 34.5 Å². The van der Waals surface area contributed by atoms with Crippen molar-refractivity contribution in [3.63, 3.8) is 0 Å². The number of benzene rings is 1. The number of thioether (sulfide) groups is 1. The molecule has 4 nitrogen and oxygen atoms in total. The number of hydrogen-bond acceptors (Lipinski definition) is 5. The second kappa shape index (κ2) is 8.02. The van der Waals surface area contributed by atoms with Gasteiger partial charge in [0.25, 0.3) is 0 Å². The average Bonchev–Trinajstić information content (AvgIpc) is 2.63. The lowest BCUT2D eigenvalue weighted by Gasteiger charge is -2.27. The van der Waals surface area contributed by atoms with Gasteiger partial charge in [-0.15, -0.1) is 0 Å². The predicted octanol–water partition coefficient (Wildman–Crippen LogP) is 3.59. The standard InChI is InChI=1S/C18H21N3OS/c1-22-17-8-6-15(7-9-17)13-21(18-20-11-4-12-23-18)14-16-5-2-3-10-19-16/h2-3,5-10H,4,11-14H2,1H3. The molecule has 0 spiro atoms. The van der Waals surface area contributed by atoms with Crippen molar-refractivity contribution in [3.8, 4) is 5.75 Å². The zero-order valence-electron chi connectivity index (χ0n) is 13.3. The molecule has 0 bridgehead atoms. The Balaban J connectivity index is 1.77. The van der Waals surface area contributed by atoms with Gasteiger partial charge in [-0.05, 0) is 36.2 Å². The Labute approximate surface area is 141 Å². The SMILES string of the molecule is COc1ccc(CN(Cc2ccccn2)C2=NCCCS2)cc1. The summed E-state index contributed by atoms with van der Waals surface area (Å²) in [5, 5.41) is 1.12. The van der Waals surface area contributed by atoms with Crippen molar-refractivity contribution >= 4 is 16.9 Å². The van der Waals surface area contributed by atoms with E-state index in [1.165, 1.54) is 5.56 Å². The summed E-state index contributed by atoms with van der Waals surface area (Å²) in [7, 11) is 1.69. The molecule has 3 rings (SSSR count). The first-order valence-corrected chi connectivity index (χ1v) is 8.79. The van der Waals surface area contributed by atoms with E-state index in [-0.39, 0.29) is 0 Å². The second-order valence-electron chi connectivity index (χ2n) is 5.39. The molecule has 2 heterocycles. The fourth-order valence-corrected chi connectivity index (χ4v) is 3.42. The number of methoxy groups -OCH3 is 1. The van der Waals surface area contributed by atoms with Gasteiger partial charge in [-0.25, -0.2) is 0 Å². The summed E-state index contributed by atoms with van der Waals surface area (Å²) in [5.74, 6) is 2.02. The van der Waals surface area contributed by atoms with Crippen molar-refractivity contribution in [2.75, 3.05) is 19.4 Å². The molecule has 0 radical (unpaired) electrons. The van der Waals surface area contributed by atoms with Gasteiger partial charge in [0.2, 0.25) is 0 Å². The Bertz CT molecular complexity index is 643. The summed E-state index contributed by atoms with van der Waals surface area (Å²) in [6.07, 6.45) is 3.00. The monoisotopic (exact) mass is 327 g/mol. The van der Waals surface area contributed by atoms with E-state index in [2.05, 4.69) is 28.1 Å². The van der Waals surface area contributed by atoms with Gasteiger partial charge in [-0.3, -0.25) is 9.98 Å². The number of hydrogen-bond donors (Lipinski definition) is 0. The second-order valence-corrected chi connectivity index (χ2v) is 6.45. The first kappa shape index (κ1) is 15.9. The molecule has 0 saturated carbocycles. The first-order valence-electron chi connectivity index (χ1n) is 7.80. The Hall–Kier alpha value is -2.01. The van der Waals surface area contributed by atoms with E-state index >= 15 is 0 Å². The Morgan fingerprint density at radius 1 is 1.13 bits per heavy atom. The molecule has 0 aliphatic carbocycles. The minimum absolute atomic E-state index is 0.776.